The van der Waals surface area contributed by atoms with E-state index in [4.69, 9.17) is 0 Å². The molecule has 0 aliphatic carbocycles. The second-order valence-electron chi connectivity index (χ2n) is 7.02. The van der Waals surface area contributed by atoms with E-state index in [1.807, 2.05) is 0 Å². The highest BCUT2D eigenvalue weighted by atomic mass is 16.2. The SMILES string of the molecule is CCC(C)(C)CC(C)(C)C(=O)NCCC(C)C. The third-order valence-corrected chi connectivity index (χ3v) is 3.50. The summed E-state index contributed by atoms with van der Waals surface area (Å²) in [6.45, 7) is 15.9. The molecular formula is C15H31NO. The molecule has 0 radical (unpaired) electrons. The molecule has 1 amide bonds. The summed E-state index contributed by atoms with van der Waals surface area (Å²) in [6, 6.07) is 0. The Morgan fingerprint density at radius 2 is 1.71 bits per heavy atom. The van der Waals surface area contributed by atoms with E-state index in [1.165, 1.54) is 0 Å². The van der Waals surface area contributed by atoms with Crippen LogP contribution in [0, 0.1) is 16.7 Å². The Bertz CT molecular complexity index is 241. The van der Waals surface area contributed by atoms with Crippen LogP contribution in [0.5, 0.6) is 0 Å². The summed E-state index contributed by atoms with van der Waals surface area (Å²) >= 11 is 0. The number of carbonyl (C=O) groups excluding carboxylic acids is 1. The van der Waals surface area contributed by atoms with Crippen LogP contribution >= 0.6 is 0 Å². The van der Waals surface area contributed by atoms with Crippen LogP contribution in [0.4, 0.5) is 0 Å². The van der Waals surface area contributed by atoms with Gasteiger partial charge in [0.15, 0.2) is 0 Å². The van der Waals surface area contributed by atoms with E-state index in [0.717, 1.165) is 25.8 Å². The Labute approximate surface area is 108 Å². The Morgan fingerprint density at radius 3 is 2.12 bits per heavy atom. The molecule has 0 fully saturated rings. The van der Waals surface area contributed by atoms with E-state index in [0.29, 0.717) is 5.92 Å². The zero-order valence-electron chi connectivity index (χ0n) is 12.8. The predicted octanol–water partition coefficient (Wildman–Crippen LogP) is 4.00. The highest BCUT2D eigenvalue weighted by Crippen LogP contribution is 2.36. The second-order valence-corrected chi connectivity index (χ2v) is 7.02. The van der Waals surface area contributed by atoms with Gasteiger partial charge in [0.1, 0.15) is 0 Å². The van der Waals surface area contributed by atoms with Gasteiger partial charge in [0.2, 0.25) is 5.91 Å². The smallest absolute Gasteiger partial charge is 0.225 e. The molecule has 2 nitrogen and oxygen atoms in total. The summed E-state index contributed by atoms with van der Waals surface area (Å²) in [4.78, 5) is 12.1. The molecule has 2 heteroatoms. The van der Waals surface area contributed by atoms with Crippen LogP contribution in [0.3, 0.4) is 0 Å². The largest absolute Gasteiger partial charge is 0.356 e. The van der Waals surface area contributed by atoms with Gasteiger partial charge in [-0.05, 0) is 24.2 Å². The molecule has 1 N–H and O–H groups in total. The van der Waals surface area contributed by atoms with Crippen LogP contribution in [-0.2, 0) is 4.79 Å². The first-order valence-electron chi connectivity index (χ1n) is 6.89. The topological polar surface area (TPSA) is 29.1 Å². The molecule has 0 aromatic heterocycles. The van der Waals surface area contributed by atoms with Crippen LogP contribution in [0.25, 0.3) is 0 Å². The summed E-state index contributed by atoms with van der Waals surface area (Å²) in [5.41, 5.74) is -0.0324. The molecular weight excluding hydrogens is 210 g/mol. The summed E-state index contributed by atoms with van der Waals surface area (Å²) in [5.74, 6) is 0.838. The zero-order valence-corrected chi connectivity index (χ0v) is 12.8. The van der Waals surface area contributed by atoms with Crippen molar-refractivity contribution in [3.8, 4) is 0 Å². The van der Waals surface area contributed by atoms with Crippen molar-refractivity contribution in [3.05, 3.63) is 0 Å². The number of hydrogen-bond donors (Lipinski definition) is 1. The molecule has 0 bridgehead atoms. The van der Waals surface area contributed by atoms with Gasteiger partial charge in [0.25, 0.3) is 0 Å². The summed E-state index contributed by atoms with van der Waals surface area (Å²) in [7, 11) is 0. The van der Waals surface area contributed by atoms with Gasteiger partial charge in [-0.1, -0.05) is 54.9 Å². The first-order valence-corrected chi connectivity index (χ1v) is 6.89. The highest BCUT2D eigenvalue weighted by Gasteiger charge is 2.33. The summed E-state index contributed by atoms with van der Waals surface area (Å²) in [5, 5.41) is 3.06. The van der Waals surface area contributed by atoms with E-state index in [9.17, 15) is 4.79 Å². The molecule has 0 aromatic rings. The monoisotopic (exact) mass is 241 g/mol. The number of hydrogen-bond acceptors (Lipinski definition) is 1. The van der Waals surface area contributed by atoms with Gasteiger partial charge in [-0.25, -0.2) is 0 Å². The van der Waals surface area contributed by atoms with Gasteiger partial charge in [-0.15, -0.1) is 0 Å². The maximum atomic E-state index is 12.1. The van der Waals surface area contributed by atoms with E-state index >= 15 is 0 Å². The van der Waals surface area contributed by atoms with Crippen molar-refractivity contribution in [2.75, 3.05) is 6.54 Å². The Kier molecular flexibility index (Phi) is 6.22. The number of nitrogens with one attached hydrogen (secondary N) is 1. The van der Waals surface area contributed by atoms with Gasteiger partial charge in [-0.2, -0.15) is 0 Å². The van der Waals surface area contributed by atoms with Gasteiger partial charge in [0, 0.05) is 12.0 Å². The first kappa shape index (κ1) is 16.5. The molecule has 17 heavy (non-hydrogen) atoms. The maximum Gasteiger partial charge on any atom is 0.225 e. The Balaban J connectivity index is 4.25. The molecule has 0 spiro atoms. The fourth-order valence-electron chi connectivity index (χ4n) is 2.12. The average Bonchev–Trinajstić information content (AvgIpc) is 2.15. The Morgan fingerprint density at radius 1 is 1.18 bits per heavy atom. The molecule has 0 saturated carbocycles. The Hall–Kier alpha value is -0.530. The zero-order chi connectivity index (χ0) is 13.7. The van der Waals surface area contributed by atoms with E-state index in [-0.39, 0.29) is 16.7 Å². The van der Waals surface area contributed by atoms with Crippen molar-refractivity contribution in [1.82, 2.24) is 5.32 Å². The minimum absolute atomic E-state index is 0.194. The fourth-order valence-corrected chi connectivity index (χ4v) is 2.12. The predicted molar refractivity (Wildman–Crippen MR) is 74.9 cm³/mol. The molecule has 0 saturated heterocycles. The van der Waals surface area contributed by atoms with E-state index in [1.54, 1.807) is 0 Å². The molecule has 0 aliphatic heterocycles. The normalized spacial score (nSPS) is 12.9. The van der Waals surface area contributed by atoms with Gasteiger partial charge in [0.05, 0.1) is 0 Å². The van der Waals surface area contributed by atoms with E-state index < -0.39 is 0 Å². The van der Waals surface area contributed by atoms with Crippen LogP contribution in [0.2, 0.25) is 0 Å². The molecule has 0 aliphatic rings. The quantitative estimate of drug-likeness (QED) is 0.717. The summed E-state index contributed by atoms with van der Waals surface area (Å²) < 4.78 is 0. The maximum absolute atomic E-state index is 12.1. The van der Waals surface area contributed by atoms with Crippen LogP contribution < -0.4 is 5.32 Å². The lowest BCUT2D eigenvalue weighted by molar-refractivity contribution is -0.131. The lowest BCUT2D eigenvalue weighted by Gasteiger charge is -2.33. The number of rotatable bonds is 7. The van der Waals surface area contributed by atoms with Crippen molar-refractivity contribution in [2.24, 2.45) is 16.7 Å². The van der Waals surface area contributed by atoms with Crippen molar-refractivity contribution < 1.29 is 4.79 Å². The van der Waals surface area contributed by atoms with Crippen molar-refractivity contribution in [2.45, 2.75) is 67.7 Å². The second kappa shape index (κ2) is 6.42. The minimum Gasteiger partial charge on any atom is -0.356 e. The van der Waals surface area contributed by atoms with E-state index in [2.05, 4.69) is 53.8 Å². The minimum atomic E-state index is -0.267. The third kappa shape index (κ3) is 6.70. The first-order chi connectivity index (χ1) is 7.60. The lowest BCUT2D eigenvalue weighted by Crippen LogP contribution is -2.40. The van der Waals surface area contributed by atoms with Gasteiger partial charge < -0.3 is 5.32 Å². The number of amides is 1. The van der Waals surface area contributed by atoms with Crippen LogP contribution in [-0.4, -0.2) is 12.5 Å². The molecule has 102 valence electrons. The highest BCUT2D eigenvalue weighted by molar-refractivity contribution is 5.81. The van der Waals surface area contributed by atoms with Crippen molar-refractivity contribution in [3.63, 3.8) is 0 Å². The average molecular weight is 241 g/mol. The summed E-state index contributed by atoms with van der Waals surface area (Å²) in [6.07, 6.45) is 3.10. The van der Waals surface area contributed by atoms with Crippen molar-refractivity contribution in [1.29, 1.82) is 0 Å². The fraction of sp³-hybridized carbons (Fsp3) is 0.933. The van der Waals surface area contributed by atoms with Gasteiger partial charge in [-0.3, -0.25) is 4.79 Å². The van der Waals surface area contributed by atoms with Crippen LogP contribution in [0.1, 0.15) is 67.7 Å². The lowest BCUT2D eigenvalue weighted by atomic mass is 9.73. The van der Waals surface area contributed by atoms with Crippen molar-refractivity contribution >= 4 is 5.91 Å². The molecule has 0 unspecified atom stereocenters. The molecule has 0 heterocycles. The standard InChI is InChI=1S/C15H31NO/c1-8-14(4,5)11-15(6,7)13(17)16-10-9-12(2)3/h12H,8-11H2,1-7H3,(H,16,17). The molecule has 0 rings (SSSR count). The molecule has 0 aromatic carbocycles. The van der Waals surface area contributed by atoms with Gasteiger partial charge >= 0.3 is 0 Å². The van der Waals surface area contributed by atoms with Crippen LogP contribution in [0.15, 0.2) is 0 Å². The molecule has 0 atom stereocenters. The third-order valence-electron chi connectivity index (χ3n) is 3.50. The number of carbonyl (C=O) groups is 1.